The van der Waals surface area contributed by atoms with Gasteiger partial charge in [-0.2, -0.15) is 0 Å². The molecular weight excluding hydrogens is 480 g/mol. The first-order chi connectivity index (χ1) is 10.1. The molecule has 0 aliphatic rings. The Bertz CT molecular complexity index is 670. The number of halogens is 2. The van der Waals surface area contributed by atoms with Gasteiger partial charge in [0.25, 0.3) is 0 Å². The van der Waals surface area contributed by atoms with Gasteiger partial charge in [0.1, 0.15) is 5.41 Å². The summed E-state index contributed by atoms with van der Waals surface area (Å²) in [6.07, 6.45) is 1.58. The molecule has 0 saturated heterocycles. The predicted octanol–water partition coefficient (Wildman–Crippen LogP) is 4.23. The van der Waals surface area contributed by atoms with Crippen LogP contribution in [0.5, 0.6) is 0 Å². The molecule has 23 heavy (non-hydrogen) atoms. The Balaban J connectivity index is 0.000000522. The first-order valence-electron chi connectivity index (χ1n) is 6.66. The molecule has 1 aromatic carbocycles. The van der Waals surface area contributed by atoms with Crippen LogP contribution in [0, 0.1) is 30.0 Å². The summed E-state index contributed by atoms with van der Waals surface area (Å²) in [5.41, 5.74) is 1.16. The zero-order valence-electron chi connectivity index (χ0n) is 13.3. The predicted molar refractivity (Wildman–Crippen MR) is 82.2 cm³/mol. The van der Waals surface area contributed by atoms with E-state index in [9.17, 15) is 8.78 Å². The summed E-state index contributed by atoms with van der Waals surface area (Å²) in [7, 11) is 0. The van der Waals surface area contributed by atoms with Crippen molar-refractivity contribution in [1.29, 1.82) is 0 Å². The van der Waals surface area contributed by atoms with Crippen molar-refractivity contribution in [3.05, 3.63) is 53.7 Å². The summed E-state index contributed by atoms with van der Waals surface area (Å²) in [6.45, 7) is 7.06. The van der Waals surface area contributed by atoms with Crippen LogP contribution in [-0.4, -0.2) is 20.9 Å². The van der Waals surface area contributed by atoms with Gasteiger partial charge in [-0.05, 0) is 39.5 Å². The summed E-state index contributed by atoms with van der Waals surface area (Å²) in [6, 6.07) is 8.00. The second-order valence-electron chi connectivity index (χ2n) is 5.83. The van der Waals surface area contributed by atoms with Crippen molar-refractivity contribution in [2.75, 3.05) is 0 Å². The van der Waals surface area contributed by atoms with Gasteiger partial charge in [-0.25, -0.2) is 0 Å². The standard InChI is InChI=1S/C12H8F2N.C5H10O2.Ir/c1-8-4-5-15-12(6-8)10-3-2-9(13)7-11(10)14;1-5(2,3)4(6)7;/h2,4-7H,1H3;1-3H3,(H,6,7);/q-1;;/p+1. The van der Waals surface area contributed by atoms with Gasteiger partial charge in [0, 0.05) is 37.9 Å². The summed E-state index contributed by atoms with van der Waals surface area (Å²) in [5.74, 6) is -1.79. The molecule has 0 unspecified atom stereocenters. The molecule has 0 spiro atoms. The second-order valence-corrected chi connectivity index (χ2v) is 5.83. The van der Waals surface area contributed by atoms with Crippen LogP contribution in [0.1, 0.15) is 26.3 Å². The average molecular weight is 500 g/mol. The molecule has 2 rings (SSSR count). The van der Waals surface area contributed by atoms with Crippen LogP contribution in [0.25, 0.3) is 11.3 Å². The SMILES string of the molecule is CC(C)(C)C(O)=[OH+].Cc1ccnc(-c2[c-]cc(F)cc2F)c1.[Ir]. The van der Waals surface area contributed by atoms with E-state index in [1.807, 2.05) is 13.0 Å². The number of aliphatic carboxylic acids is 1. The largest absolute Gasteiger partial charge is 0.485 e. The van der Waals surface area contributed by atoms with Crippen LogP contribution >= 0.6 is 0 Å². The van der Waals surface area contributed by atoms with Crippen molar-refractivity contribution in [2.45, 2.75) is 27.7 Å². The van der Waals surface area contributed by atoms with Gasteiger partial charge in [0.15, 0.2) is 0 Å². The molecule has 0 amide bonds. The molecule has 0 saturated carbocycles. The summed E-state index contributed by atoms with van der Waals surface area (Å²) >= 11 is 0. The number of hydrogen-bond acceptors (Lipinski definition) is 1. The summed E-state index contributed by atoms with van der Waals surface area (Å²) in [4.78, 5) is 12.4. The van der Waals surface area contributed by atoms with E-state index in [2.05, 4.69) is 11.1 Å². The van der Waals surface area contributed by atoms with Crippen LogP contribution in [0.15, 0.2) is 30.5 Å². The van der Waals surface area contributed by atoms with E-state index in [-0.39, 0.29) is 25.7 Å². The van der Waals surface area contributed by atoms with Crippen molar-refractivity contribution in [3.8, 4) is 11.3 Å². The molecule has 0 atom stereocenters. The zero-order valence-corrected chi connectivity index (χ0v) is 15.7. The molecule has 1 aromatic heterocycles. The molecule has 1 radical (unpaired) electrons. The minimum Gasteiger partial charge on any atom is -0.339 e. The fourth-order valence-corrected chi connectivity index (χ4v) is 1.31. The maximum atomic E-state index is 13.4. The number of aryl methyl sites for hydroxylation is 1. The van der Waals surface area contributed by atoms with E-state index in [0.717, 1.165) is 17.7 Å². The van der Waals surface area contributed by atoms with E-state index in [4.69, 9.17) is 9.90 Å². The Morgan fingerprint density at radius 1 is 1.26 bits per heavy atom. The Kier molecular flexibility index (Phi) is 8.21. The Morgan fingerprint density at radius 2 is 1.83 bits per heavy atom. The van der Waals surface area contributed by atoms with E-state index >= 15 is 0 Å². The fraction of sp³-hybridized carbons (Fsp3) is 0.294. The molecule has 3 nitrogen and oxygen atoms in total. The van der Waals surface area contributed by atoms with Crippen LogP contribution < -0.4 is 0 Å². The quantitative estimate of drug-likeness (QED) is 0.472. The Labute approximate surface area is 148 Å². The average Bonchev–Trinajstić information content (AvgIpc) is 2.38. The smallest absolute Gasteiger partial charge is 0.339 e. The van der Waals surface area contributed by atoms with Gasteiger partial charge in [-0.1, -0.05) is 23.3 Å². The van der Waals surface area contributed by atoms with Crippen molar-refractivity contribution >= 4 is 5.97 Å². The zero-order chi connectivity index (χ0) is 16.9. The fourth-order valence-electron chi connectivity index (χ4n) is 1.31. The minimum absolute atomic E-state index is 0. The van der Waals surface area contributed by atoms with Crippen LogP contribution in [0.2, 0.25) is 0 Å². The first kappa shape index (κ1) is 21.3. The number of pyridine rings is 1. The number of aromatic nitrogens is 1. The maximum absolute atomic E-state index is 13.4. The maximum Gasteiger partial charge on any atom is 0.485 e. The van der Waals surface area contributed by atoms with Crippen molar-refractivity contribution < 1.29 is 38.8 Å². The molecule has 2 N–H and O–H groups in total. The number of benzene rings is 1. The van der Waals surface area contributed by atoms with E-state index in [1.54, 1.807) is 33.0 Å². The minimum atomic E-state index is -0.645. The number of rotatable bonds is 1. The van der Waals surface area contributed by atoms with E-state index in [1.165, 1.54) is 0 Å². The molecule has 0 aliphatic carbocycles. The Hall–Kier alpha value is -1.65. The van der Waals surface area contributed by atoms with Gasteiger partial charge in [0.05, 0.1) is 0 Å². The molecule has 2 aromatic rings. The van der Waals surface area contributed by atoms with Gasteiger partial charge in [-0.3, -0.25) is 8.78 Å². The molecule has 0 bridgehead atoms. The summed E-state index contributed by atoms with van der Waals surface area (Å²) < 4.78 is 26.0. The van der Waals surface area contributed by atoms with Gasteiger partial charge >= 0.3 is 5.97 Å². The monoisotopic (exact) mass is 500 g/mol. The van der Waals surface area contributed by atoms with E-state index in [0.29, 0.717) is 5.69 Å². The molecule has 127 valence electrons. The number of carboxylic acid groups (broad SMARTS) is 1. The van der Waals surface area contributed by atoms with E-state index < -0.39 is 23.0 Å². The van der Waals surface area contributed by atoms with Crippen molar-refractivity contribution in [2.24, 2.45) is 5.41 Å². The second kappa shape index (κ2) is 8.84. The summed E-state index contributed by atoms with van der Waals surface area (Å²) in [5, 5.41) is 8.36. The van der Waals surface area contributed by atoms with Gasteiger partial charge < -0.3 is 14.9 Å². The topological polar surface area (TPSA) is 54.5 Å². The number of carboxylic acids is 1. The van der Waals surface area contributed by atoms with Crippen LogP contribution in [0.3, 0.4) is 0 Å². The van der Waals surface area contributed by atoms with Crippen molar-refractivity contribution in [3.63, 3.8) is 0 Å². The Morgan fingerprint density at radius 3 is 2.26 bits per heavy atom. The molecule has 0 aliphatic heterocycles. The van der Waals surface area contributed by atoms with Gasteiger partial charge in [-0.15, -0.1) is 12.1 Å². The normalized spacial score (nSPS) is 10.2. The third-order valence-corrected chi connectivity index (χ3v) is 2.70. The number of hydrogen-bond donors (Lipinski definition) is 1. The van der Waals surface area contributed by atoms with Crippen LogP contribution in [-0.2, 0) is 20.1 Å². The molecule has 0 fully saturated rings. The van der Waals surface area contributed by atoms with Gasteiger partial charge in [0.2, 0.25) is 0 Å². The molecule has 1 heterocycles. The number of nitrogens with zero attached hydrogens (tertiary/aromatic N) is 1. The number of aliphatic hydroxyl groups excluding tert-OH is 1. The molecular formula is C17H19F2IrNO2. The third-order valence-electron chi connectivity index (χ3n) is 2.70. The van der Waals surface area contributed by atoms with Crippen LogP contribution in [0.4, 0.5) is 8.78 Å². The first-order valence-corrected chi connectivity index (χ1v) is 6.66. The van der Waals surface area contributed by atoms with Crippen molar-refractivity contribution in [1.82, 2.24) is 4.98 Å². The third kappa shape index (κ3) is 6.97. The molecule has 6 heteroatoms.